The van der Waals surface area contributed by atoms with Crippen LogP contribution in [0.4, 0.5) is 11.4 Å². The Hall–Kier alpha value is -2.24. The Morgan fingerprint density at radius 3 is 2.88 bits per heavy atom. The van der Waals surface area contributed by atoms with Gasteiger partial charge >= 0.3 is 5.97 Å². The SMILES string of the molecule is COC(=O)c1c(N)ccc2c1N(C)C(=O)CO2. The van der Waals surface area contributed by atoms with Crippen LogP contribution in [0.25, 0.3) is 0 Å². The van der Waals surface area contributed by atoms with Gasteiger partial charge < -0.3 is 20.1 Å². The number of nitrogens with two attached hydrogens (primary N) is 1. The number of methoxy groups -OCH3 is 1. The molecule has 0 saturated heterocycles. The van der Waals surface area contributed by atoms with Crippen LogP contribution in [0.2, 0.25) is 0 Å². The van der Waals surface area contributed by atoms with Crippen LogP contribution in [0.15, 0.2) is 12.1 Å². The smallest absolute Gasteiger partial charge is 0.342 e. The standard InChI is InChI=1S/C11H12N2O4/c1-13-8(14)5-17-7-4-3-6(12)9(10(7)13)11(15)16-2/h3-4H,5,12H2,1-2H3. The van der Waals surface area contributed by atoms with Gasteiger partial charge in [0.15, 0.2) is 6.61 Å². The third-order valence-electron chi connectivity index (χ3n) is 2.62. The molecule has 6 nitrogen and oxygen atoms in total. The lowest BCUT2D eigenvalue weighted by molar-refractivity contribution is -0.120. The van der Waals surface area contributed by atoms with Gasteiger partial charge in [-0.1, -0.05) is 0 Å². The number of carbonyl (C=O) groups is 2. The summed E-state index contributed by atoms with van der Waals surface area (Å²) in [5.41, 5.74) is 6.49. The minimum Gasteiger partial charge on any atom is -0.482 e. The van der Waals surface area contributed by atoms with Gasteiger partial charge in [0.05, 0.1) is 7.11 Å². The summed E-state index contributed by atoms with van der Waals surface area (Å²) < 4.78 is 9.90. The lowest BCUT2D eigenvalue weighted by atomic mass is 10.1. The number of amides is 1. The first kappa shape index (κ1) is 11.3. The fourth-order valence-corrected chi connectivity index (χ4v) is 1.71. The summed E-state index contributed by atoms with van der Waals surface area (Å²) in [6.45, 7) is -0.0476. The number of nitrogen functional groups attached to an aromatic ring is 1. The molecular weight excluding hydrogens is 224 g/mol. The minimum atomic E-state index is -0.593. The van der Waals surface area contributed by atoms with Crippen molar-refractivity contribution in [2.75, 3.05) is 31.4 Å². The molecule has 0 spiro atoms. The molecule has 2 rings (SSSR count). The molecule has 6 heteroatoms. The second kappa shape index (κ2) is 3.97. The second-order valence-corrected chi connectivity index (χ2v) is 3.61. The van der Waals surface area contributed by atoms with E-state index in [1.54, 1.807) is 19.2 Å². The minimum absolute atomic E-state index is 0.0476. The molecule has 0 radical (unpaired) electrons. The van der Waals surface area contributed by atoms with Gasteiger partial charge in [0.1, 0.15) is 17.0 Å². The Bertz CT molecular complexity index is 498. The molecule has 90 valence electrons. The van der Waals surface area contributed by atoms with Crippen molar-refractivity contribution in [3.8, 4) is 5.75 Å². The van der Waals surface area contributed by atoms with Crippen LogP contribution in [0.5, 0.6) is 5.75 Å². The maximum Gasteiger partial charge on any atom is 0.342 e. The molecule has 0 atom stereocenters. The molecule has 17 heavy (non-hydrogen) atoms. The maximum absolute atomic E-state index is 11.7. The van der Waals surface area contributed by atoms with Crippen molar-refractivity contribution >= 4 is 23.3 Å². The number of likely N-dealkylation sites (N-methyl/N-ethyl adjacent to an activating group) is 1. The fraction of sp³-hybridized carbons (Fsp3) is 0.273. The molecule has 1 heterocycles. The Morgan fingerprint density at radius 2 is 2.24 bits per heavy atom. The number of hydrogen-bond donors (Lipinski definition) is 1. The highest BCUT2D eigenvalue weighted by Gasteiger charge is 2.29. The van der Waals surface area contributed by atoms with E-state index in [-0.39, 0.29) is 23.8 Å². The number of nitrogens with zero attached hydrogens (tertiary/aromatic N) is 1. The highest BCUT2D eigenvalue weighted by atomic mass is 16.5. The van der Waals surface area contributed by atoms with Crippen LogP contribution < -0.4 is 15.4 Å². The largest absolute Gasteiger partial charge is 0.482 e. The van der Waals surface area contributed by atoms with Crippen molar-refractivity contribution in [1.29, 1.82) is 0 Å². The van der Waals surface area contributed by atoms with Gasteiger partial charge in [-0.25, -0.2) is 4.79 Å². The molecule has 0 unspecified atom stereocenters. The highest BCUT2D eigenvalue weighted by Crippen LogP contribution is 2.38. The zero-order valence-corrected chi connectivity index (χ0v) is 9.52. The monoisotopic (exact) mass is 236 g/mol. The predicted molar refractivity (Wildman–Crippen MR) is 61.1 cm³/mol. The normalized spacial score (nSPS) is 14.0. The molecule has 0 bridgehead atoms. The summed E-state index contributed by atoms with van der Waals surface area (Å²) >= 11 is 0. The van der Waals surface area contributed by atoms with Crippen LogP contribution in [0, 0.1) is 0 Å². The molecule has 1 aliphatic heterocycles. The van der Waals surface area contributed by atoms with Gasteiger partial charge in [0.2, 0.25) is 0 Å². The lowest BCUT2D eigenvalue weighted by Gasteiger charge is -2.28. The van der Waals surface area contributed by atoms with Crippen LogP contribution in [-0.4, -0.2) is 32.6 Å². The number of fused-ring (bicyclic) bond motifs is 1. The van der Waals surface area contributed by atoms with E-state index in [1.165, 1.54) is 12.0 Å². The molecule has 1 aliphatic rings. The van der Waals surface area contributed by atoms with Crippen molar-refractivity contribution in [2.45, 2.75) is 0 Å². The number of ether oxygens (including phenoxy) is 2. The molecule has 0 saturated carbocycles. The number of esters is 1. The third-order valence-corrected chi connectivity index (χ3v) is 2.62. The van der Waals surface area contributed by atoms with Crippen molar-refractivity contribution in [3.05, 3.63) is 17.7 Å². The number of carbonyl (C=O) groups excluding carboxylic acids is 2. The van der Waals surface area contributed by atoms with Crippen molar-refractivity contribution < 1.29 is 19.1 Å². The molecule has 1 amide bonds. The van der Waals surface area contributed by atoms with Gasteiger partial charge in [0.25, 0.3) is 5.91 Å². The number of rotatable bonds is 1. The molecule has 1 aromatic rings. The van der Waals surface area contributed by atoms with E-state index in [4.69, 9.17) is 10.5 Å². The van der Waals surface area contributed by atoms with Crippen LogP contribution in [-0.2, 0) is 9.53 Å². The zero-order valence-electron chi connectivity index (χ0n) is 9.52. The van der Waals surface area contributed by atoms with E-state index < -0.39 is 5.97 Å². The number of anilines is 2. The highest BCUT2D eigenvalue weighted by molar-refractivity contribution is 6.09. The average molecular weight is 236 g/mol. The van der Waals surface area contributed by atoms with E-state index in [0.29, 0.717) is 11.4 Å². The maximum atomic E-state index is 11.7. The molecule has 0 aromatic heterocycles. The Kier molecular flexibility index (Phi) is 2.63. The van der Waals surface area contributed by atoms with Crippen molar-refractivity contribution in [2.24, 2.45) is 0 Å². The molecule has 2 N–H and O–H groups in total. The van der Waals surface area contributed by atoms with E-state index in [1.807, 2.05) is 0 Å². The van der Waals surface area contributed by atoms with Crippen LogP contribution >= 0.6 is 0 Å². The summed E-state index contributed by atoms with van der Waals surface area (Å²) in [6.07, 6.45) is 0. The molecular formula is C11H12N2O4. The van der Waals surface area contributed by atoms with E-state index in [0.717, 1.165) is 0 Å². The molecule has 0 fully saturated rings. The van der Waals surface area contributed by atoms with Gasteiger partial charge in [-0.05, 0) is 12.1 Å². The molecule has 0 aliphatic carbocycles. The average Bonchev–Trinajstić information content (AvgIpc) is 2.33. The first-order chi connectivity index (χ1) is 8.06. The summed E-state index contributed by atoms with van der Waals surface area (Å²) in [5, 5.41) is 0. The van der Waals surface area contributed by atoms with Crippen LogP contribution in [0.3, 0.4) is 0 Å². The van der Waals surface area contributed by atoms with Crippen molar-refractivity contribution in [3.63, 3.8) is 0 Å². The summed E-state index contributed by atoms with van der Waals surface area (Å²) in [4.78, 5) is 24.6. The third kappa shape index (κ3) is 1.67. The first-order valence-corrected chi connectivity index (χ1v) is 4.96. The predicted octanol–water partition coefficient (Wildman–Crippen LogP) is 0.411. The zero-order chi connectivity index (χ0) is 12.6. The fourth-order valence-electron chi connectivity index (χ4n) is 1.71. The Morgan fingerprint density at radius 1 is 1.53 bits per heavy atom. The van der Waals surface area contributed by atoms with Crippen molar-refractivity contribution in [1.82, 2.24) is 0 Å². The van der Waals surface area contributed by atoms with E-state index >= 15 is 0 Å². The first-order valence-electron chi connectivity index (χ1n) is 4.96. The lowest BCUT2D eigenvalue weighted by Crippen LogP contribution is -2.37. The summed E-state index contributed by atoms with van der Waals surface area (Å²) in [7, 11) is 2.82. The van der Waals surface area contributed by atoms with Gasteiger partial charge in [0, 0.05) is 12.7 Å². The molecule has 1 aromatic carbocycles. The van der Waals surface area contributed by atoms with E-state index in [9.17, 15) is 9.59 Å². The quantitative estimate of drug-likeness (QED) is 0.564. The van der Waals surface area contributed by atoms with Gasteiger partial charge in [-0.2, -0.15) is 0 Å². The van der Waals surface area contributed by atoms with E-state index in [2.05, 4.69) is 4.74 Å². The van der Waals surface area contributed by atoms with Gasteiger partial charge in [-0.15, -0.1) is 0 Å². The Balaban J connectivity index is 2.66. The Labute approximate surface area is 97.9 Å². The summed E-state index contributed by atoms with van der Waals surface area (Å²) in [5.74, 6) is -0.389. The topological polar surface area (TPSA) is 81.9 Å². The van der Waals surface area contributed by atoms with Gasteiger partial charge in [-0.3, -0.25) is 4.79 Å². The van der Waals surface area contributed by atoms with Crippen LogP contribution in [0.1, 0.15) is 10.4 Å². The summed E-state index contributed by atoms with van der Waals surface area (Å²) in [6, 6.07) is 3.18. The number of benzene rings is 1. The second-order valence-electron chi connectivity index (χ2n) is 3.61. The number of hydrogen-bond acceptors (Lipinski definition) is 5.